The van der Waals surface area contributed by atoms with Crippen molar-refractivity contribution in [3.8, 4) is 0 Å². The van der Waals surface area contributed by atoms with Crippen LogP contribution in [0.25, 0.3) is 0 Å². The monoisotopic (exact) mass is 445 g/mol. The van der Waals surface area contributed by atoms with Crippen molar-refractivity contribution < 1.29 is 14.3 Å². The summed E-state index contributed by atoms with van der Waals surface area (Å²) in [7, 11) is 0. The standard InChI is InChI=1S/C18H25BrClN3O3/c1-11-8-13(19)14(20)9-15(11)21-16(24)23-7-6-22(10-12(23)2)17(25)26-18(3,4)5/h8-9,12H,6-7,10H2,1-5H3,(H,21,24)/t12-/m1/s1. The van der Waals surface area contributed by atoms with Gasteiger partial charge in [-0.05, 0) is 68.2 Å². The Balaban J connectivity index is 2.00. The summed E-state index contributed by atoms with van der Waals surface area (Å²) in [4.78, 5) is 28.2. The van der Waals surface area contributed by atoms with E-state index in [4.69, 9.17) is 16.3 Å². The zero-order chi connectivity index (χ0) is 19.6. The highest BCUT2D eigenvalue weighted by Crippen LogP contribution is 2.29. The average Bonchev–Trinajstić information content (AvgIpc) is 2.50. The molecule has 0 unspecified atom stereocenters. The summed E-state index contributed by atoms with van der Waals surface area (Å²) < 4.78 is 6.19. The van der Waals surface area contributed by atoms with Crippen molar-refractivity contribution in [2.75, 3.05) is 25.0 Å². The summed E-state index contributed by atoms with van der Waals surface area (Å²) in [6.45, 7) is 10.6. The number of nitrogens with one attached hydrogen (secondary N) is 1. The van der Waals surface area contributed by atoms with Crippen molar-refractivity contribution in [1.29, 1.82) is 0 Å². The summed E-state index contributed by atoms with van der Waals surface area (Å²) in [5.74, 6) is 0. The van der Waals surface area contributed by atoms with Gasteiger partial charge in [-0.15, -0.1) is 0 Å². The summed E-state index contributed by atoms with van der Waals surface area (Å²) in [6, 6.07) is 3.26. The molecule has 1 fully saturated rings. The molecule has 6 nitrogen and oxygen atoms in total. The van der Waals surface area contributed by atoms with E-state index in [-0.39, 0.29) is 18.2 Å². The first kappa shape index (κ1) is 20.8. The SMILES string of the molecule is Cc1cc(Br)c(Cl)cc1NC(=O)N1CCN(C(=O)OC(C)(C)C)C[C@H]1C. The van der Waals surface area contributed by atoms with Crippen LogP contribution in [-0.4, -0.2) is 53.2 Å². The van der Waals surface area contributed by atoms with Gasteiger partial charge < -0.3 is 19.9 Å². The van der Waals surface area contributed by atoms with E-state index in [2.05, 4.69) is 21.2 Å². The van der Waals surface area contributed by atoms with Crippen LogP contribution in [0, 0.1) is 6.92 Å². The van der Waals surface area contributed by atoms with Gasteiger partial charge in [0.25, 0.3) is 0 Å². The Morgan fingerprint density at radius 1 is 1.31 bits per heavy atom. The van der Waals surface area contributed by atoms with Crippen LogP contribution in [0.5, 0.6) is 0 Å². The Morgan fingerprint density at radius 3 is 2.54 bits per heavy atom. The number of amides is 3. The minimum absolute atomic E-state index is 0.123. The van der Waals surface area contributed by atoms with Crippen LogP contribution < -0.4 is 5.32 Å². The van der Waals surface area contributed by atoms with Crippen molar-refractivity contribution in [3.63, 3.8) is 0 Å². The third-order valence-electron chi connectivity index (χ3n) is 4.05. The van der Waals surface area contributed by atoms with Crippen LogP contribution in [0.1, 0.15) is 33.3 Å². The van der Waals surface area contributed by atoms with E-state index in [0.29, 0.717) is 30.3 Å². The number of urea groups is 1. The molecule has 1 atom stereocenters. The fourth-order valence-electron chi connectivity index (χ4n) is 2.72. The van der Waals surface area contributed by atoms with E-state index >= 15 is 0 Å². The molecular formula is C18H25BrClN3O3. The van der Waals surface area contributed by atoms with Crippen molar-refractivity contribution in [2.24, 2.45) is 0 Å². The van der Waals surface area contributed by atoms with Crippen LogP contribution >= 0.6 is 27.5 Å². The van der Waals surface area contributed by atoms with Crippen LogP contribution in [0.4, 0.5) is 15.3 Å². The molecule has 0 spiro atoms. The van der Waals surface area contributed by atoms with Crippen LogP contribution in [0.15, 0.2) is 16.6 Å². The second-order valence-electron chi connectivity index (χ2n) is 7.48. The zero-order valence-electron chi connectivity index (χ0n) is 15.7. The summed E-state index contributed by atoms with van der Waals surface area (Å²) in [5, 5.41) is 3.44. The van der Waals surface area contributed by atoms with Gasteiger partial charge in [-0.1, -0.05) is 11.6 Å². The van der Waals surface area contributed by atoms with Crippen molar-refractivity contribution in [2.45, 2.75) is 46.3 Å². The number of hydrogen-bond donors (Lipinski definition) is 1. The van der Waals surface area contributed by atoms with Gasteiger partial charge in [0, 0.05) is 35.8 Å². The first-order chi connectivity index (χ1) is 12.0. The number of nitrogens with zero attached hydrogens (tertiary/aromatic N) is 2. The van der Waals surface area contributed by atoms with Gasteiger partial charge in [0.1, 0.15) is 5.60 Å². The third-order valence-corrected chi connectivity index (χ3v) is 5.25. The number of halogens is 2. The Labute approximate surface area is 167 Å². The predicted molar refractivity (Wildman–Crippen MR) is 107 cm³/mol. The fraction of sp³-hybridized carbons (Fsp3) is 0.556. The zero-order valence-corrected chi connectivity index (χ0v) is 18.1. The predicted octanol–water partition coefficient (Wildman–Crippen LogP) is 4.88. The van der Waals surface area contributed by atoms with Crippen LogP contribution in [0.2, 0.25) is 5.02 Å². The lowest BCUT2D eigenvalue weighted by atomic mass is 10.2. The number of rotatable bonds is 1. The lowest BCUT2D eigenvalue weighted by molar-refractivity contribution is 0.0112. The number of carbonyl (C=O) groups is 2. The molecule has 1 heterocycles. The quantitative estimate of drug-likeness (QED) is 0.668. The molecule has 0 aliphatic carbocycles. The first-order valence-corrected chi connectivity index (χ1v) is 9.66. The Bertz CT molecular complexity index is 706. The minimum Gasteiger partial charge on any atom is -0.444 e. The molecule has 8 heteroatoms. The number of anilines is 1. The van der Waals surface area contributed by atoms with E-state index in [1.807, 2.05) is 40.7 Å². The molecule has 3 amide bonds. The number of aryl methyl sites for hydroxylation is 1. The van der Waals surface area contributed by atoms with Crippen molar-refractivity contribution >= 4 is 45.3 Å². The molecule has 1 aromatic rings. The molecule has 144 valence electrons. The molecular weight excluding hydrogens is 422 g/mol. The minimum atomic E-state index is -0.535. The lowest BCUT2D eigenvalue weighted by Crippen LogP contribution is -2.57. The normalized spacial score (nSPS) is 17.9. The summed E-state index contributed by atoms with van der Waals surface area (Å²) in [5.41, 5.74) is 1.05. The van der Waals surface area contributed by atoms with Crippen LogP contribution in [0.3, 0.4) is 0 Å². The van der Waals surface area contributed by atoms with Gasteiger partial charge in [-0.2, -0.15) is 0 Å². The molecule has 26 heavy (non-hydrogen) atoms. The molecule has 1 aliphatic rings. The summed E-state index contributed by atoms with van der Waals surface area (Å²) in [6.07, 6.45) is -0.347. The molecule has 0 aromatic heterocycles. The molecule has 1 aliphatic heterocycles. The molecule has 0 saturated carbocycles. The van der Waals surface area contributed by atoms with Gasteiger partial charge in [0.2, 0.25) is 0 Å². The van der Waals surface area contributed by atoms with Gasteiger partial charge in [0.05, 0.1) is 5.02 Å². The van der Waals surface area contributed by atoms with Gasteiger partial charge in [-0.25, -0.2) is 9.59 Å². The first-order valence-electron chi connectivity index (χ1n) is 8.49. The number of ether oxygens (including phenoxy) is 1. The Kier molecular flexibility index (Phi) is 6.45. The highest BCUT2D eigenvalue weighted by Gasteiger charge is 2.32. The van der Waals surface area contributed by atoms with E-state index < -0.39 is 5.60 Å². The Morgan fingerprint density at radius 2 is 1.96 bits per heavy atom. The topological polar surface area (TPSA) is 61.9 Å². The van der Waals surface area contributed by atoms with Crippen LogP contribution in [-0.2, 0) is 4.74 Å². The van der Waals surface area contributed by atoms with Gasteiger partial charge >= 0.3 is 12.1 Å². The maximum atomic E-state index is 12.7. The number of benzene rings is 1. The van der Waals surface area contributed by atoms with Crippen molar-refractivity contribution in [3.05, 3.63) is 27.2 Å². The van der Waals surface area contributed by atoms with E-state index in [1.54, 1.807) is 15.9 Å². The van der Waals surface area contributed by atoms with Gasteiger partial charge in [-0.3, -0.25) is 0 Å². The third kappa shape index (κ3) is 5.27. The highest BCUT2D eigenvalue weighted by atomic mass is 79.9. The lowest BCUT2D eigenvalue weighted by Gasteiger charge is -2.40. The molecule has 0 radical (unpaired) electrons. The van der Waals surface area contributed by atoms with E-state index in [9.17, 15) is 9.59 Å². The summed E-state index contributed by atoms with van der Waals surface area (Å²) >= 11 is 9.49. The molecule has 1 aromatic carbocycles. The molecule has 1 N–H and O–H groups in total. The maximum absolute atomic E-state index is 12.7. The molecule has 1 saturated heterocycles. The van der Waals surface area contributed by atoms with E-state index in [1.165, 1.54) is 0 Å². The fourth-order valence-corrected chi connectivity index (χ4v) is 3.34. The number of piperazine rings is 1. The van der Waals surface area contributed by atoms with Gasteiger partial charge in [0.15, 0.2) is 0 Å². The second kappa shape index (κ2) is 8.05. The Hall–Kier alpha value is -1.47. The number of hydrogen-bond acceptors (Lipinski definition) is 3. The maximum Gasteiger partial charge on any atom is 0.410 e. The highest BCUT2D eigenvalue weighted by molar-refractivity contribution is 9.10. The smallest absolute Gasteiger partial charge is 0.410 e. The number of carbonyl (C=O) groups excluding carboxylic acids is 2. The molecule has 2 rings (SSSR count). The largest absolute Gasteiger partial charge is 0.444 e. The van der Waals surface area contributed by atoms with Crippen molar-refractivity contribution in [1.82, 2.24) is 9.80 Å². The van der Waals surface area contributed by atoms with E-state index in [0.717, 1.165) is 10.0 Å². The average molecular weight is 447 g/mol. The second-order valence-corrected chi connectivity index (χ2v) is 8.74. The molecule has 0 bridgehead atoms.